The first-order valence-electron chi connectivity index (χ1n) is 9.64. The molecular weight excluding hydrogens is 310 g/mol. The summed E-state index contributed by atoms with van der Waals surface area (Å²) in [7, 11) is 0. The standard InChI is InChI=1S/C22H29NO2/c1-2-25-20-16-12-11-15-19(20)23-22(24)21-17-13-9-7-5-3-4-6-8-10-14-18(17)21/h5-8,11-12,15-18,21H,2-4,9-10,13-14H2,1H3,(H,23,24)/b7-5-,8-6+/t17-,18-,21?/m0/s1. The quantitative estimate of drug-likeness (QED) is 0.751. The molecule has 1 amide bonds. The highest BCUT2D eigenvalue weighted by Gasteiger charge is 2.52. The van der Waals surface area contributed by atoms with E-state index in [1.54, 1.807) is 0 Å². The Morgan fingerprint density at radius 1 is 1.00 bits per heavy atom. The fourth-order valence-corrected chi connectivity index (χ4v) is 3.93. The van der Waals surface area contributed by atoms with Crippen molar-refractivity contribution in [1.29, 1.82) is 0 Å². The van der Waals surface area contributed by atoms with Crippen LogP contribution in [-0.4, -0.2) is 12.5 Å². The molecule has 3 nitrogen and oxygen atoms in total. The van der Waals surface area contributed by atoms with Crippen LogP contribution in [0.25, 0.3) is 0 Å². The van der Waals surface area contributed by atoms with Gasteiger partial charge in [-0.25, -0.2) is 0 Å². The van der Waals surface area contributed by atoms with Gasteiger partial charge in [0.2, 0.25) is 5.91 Å². The van der Waals surface area contributed by atoms with Crippen molar-refractivity contribution in [3.63, 3.8) is 0 Å². The molecule has 2 aliphatic carbocycles. The third-order valence-corrected chi connectivity index (χ3v) is 5.25. The highest BCUT2D eigenvalue weighted by atomic mass is 16.5. The molecule has 3 atom stereocenters. The van der Waals surface area contributed by atoms with E-state index in [0.717, 1.165) is 50.0 Å². The average molecular weight is 339 g/mol. The maximum atomic E-state index is 12.8. The highest BCUT2D eigenvalue weighted by molar-refractivity contribution is 5.96. The van der Waals surface area contributed by atoms with Gasteiger partial charge in [-0.1, -0.05) is 36.4 Å². The summed E-state index contributed by atoms with van der Waals surface area (Å²) >= 11 is 0. The summed E-state index contributed by atoms with van der Waals surface area (Å²) in [6.07, 6.45) is 15.8. The molecule has 3 rings (SSSR count). The summed E-state index contributed by atoms with van der Waals surface area (Å²) in [5.74, 6) is 2.11. The predicted octanol–water partition coefficient (Wildman–Crippen LogP) is 5.35. The molecule has 0 saturated heterocycles. The number of nitrogens with one attached hydrogen (secondary N) is 1. The Morgan fingerprint density at radius 3 is 2.24 bits per heavy atom. The topological polar surface area (TPSA) is 38.3 Å². The Labute approximate surface area is 151 Å². The van der Waals surface area contributed by atoms with Crippen molar-refractivity contribution in [2.45, 2.75) is 45.4 Å². The number of carbonyl (C=O) groups excluding carboxylic acids is 1. The molecule has 3 heteroatoms. The first-order chi connectivity index (χ1) is 12.3. The van der Waals surface area contributed by atoms with E-state index in [-0.39, 0.29) is 11.8 Å². The number of benzene rings is 1. The Bertz CT molecular complexity index is 611. The monoisotopic (exact) mass is 339 g/mol. The minimum absolute atomic E-state index is 0.150. The number of ether oxygens (including phenoxy) is 1. The molecule has 1 aromatic rings. The average Bonchev–Trinajstić information content (AvgIpc) is 3.29. The van der Waals surface area contributed by atoms with Gasteiger partial charge in [0.1, 0.15) is 5.75 Å². The fourth-order valence-electron chi connectivity index (χ4n) is 3.93. The number of amides is 1. The van der Waals surface area contributed by atoms with Crippen LogP contribution >= 0.6 is 0 Å². The molecule has 0 bridgehead atoms. The SMILES string of the molecule is CCOc1ccccc1NC(=O)C1[C@H]2CC/C=C\CC/C=C/CC[C@H]12. The number of hydrogen-bond donors (Lipinski definition) is 1. The molecular formula is C22H29NO2. The maximum Gasteiger partial charge on any atom is 0.228 e. The Morgan fingerprint density at radius 2 is 1.60 bits per heavy atom. The van der Waals surface area contributed by atoms with E-state index in [1.807, 2.05) is 31.2 Å². The zero-order valence-corrected chi connectivity index (χ0v) is 15.1. The lowest BCUT2D eigenvalue weighted by Crippen LogP contribution is -2.16. The summed E-state index contributed by atoms with van der Waals surface area (Å²) in [4.78, 5) is 12.8. The van der Waals surface area contributed by atoms with Crippen molar-refractivity contribution in [3.8, 4) is 5.75 Å². The van der Waals surface area contributed by atoms with Crippen LogP contribution in [0.5, 0.6) is 5.75 Å². The van der Waals surface area contributed by atoms with Gasteiger partial charge < -0.3 is 10.1 Å². The number of carbonyl (C=O) groups is 1. The van der Waals surface area contributed by atoms with E-state index in [2.05, 4.69) is 29.6 Å². The van der Waals surface area contributed by atoms with Gasteiger partial charge in [0.05, 0.1) is 12.3 Å². The highest BCUT2D eigenvalue weighted by Crippen LogP contribution is 2.52. The van der Waals surface area contributed by atoms with E-state index in [4.69, 9.17) is 4.74 Å². The summed E-state index contributed by atoms with van der Waals surface area (Å²) in [5, 5.41) is 3.11. The Kier molecular flexibility index (Phi) is 6.32. The molecule has 0 heterocycles. The van der Waals surface area contributed by atoms with Crippen molar-refractivity contribution in [3.05, 3.63) is 48.6 Å². The van der Waals surface area contributed by atoms with E-state index in [0.29, 0.717) is 18.4 Å². The third-order valence-electron chi connectivity index (χ3n) is 5.25. The molecule has 0 radical (unpaired) electrons. The molecule has 1 aromatic carbocycles. The molecule has 1 unspecified atom stereocenters. The van der Waals surface area contributed by atoms with Crippen LogP contribution in [0.1, 0.15) is 45.4 Å². The fraction of sp³-hybridized carbons (Fsp3) is 0.500. The Hall–Kier alpha value is -2.03. The van der Waals surface area contributed by atoms with Gasteiger partial charge >= 0.3 is 0 Å². The minimum Gasteiger partial charge on any atom is -0.492 e. The molecule has 0 spiro atoms. The molecule has 2 aliphatic rings. The number of rotatable bonds is 4. The van der Waals surface area contributed by atoms with Gasteiger partial charge in [-0.3, -0.25) is 4.79 Å². The Balaban J connectivity index is 1.64. The summed E-state index contributed by atoms with van der Waals surface area (Å²) in [6.45, 7) is 2.55. The lowest BCUT2D eigenvalue weighted by atomic mass is 10.1. The lowest BCUT2D eigenvalue weighted by molar-refractivity contribution is -0.117. The second-order valence-electron chi connectivity index (χ2n) is 6.95. The van der Waals surface area contributed by atoms with Gasteiger partial charge in [-0.15, -0.1) is 0 Å². The summed E-state index contributed by atoms with van der Waals surface area (Å²) < 4.78 is 5.62. The summed E-state index contributed by atoms with van der Waals surface area (Å²) in [6, 6.07) is 7.70. The van der Waals surface area contributed by atoms with Crippen LogP contribution < -0.4 is 10.1 Å². The number of allylic oxidation sites excluding steroid dienone is 4. The van der Waals surface area contributed by atoms with Crippen molar-refractivity contribution < 1.29 is 9.53 Å². The van der Waals surface area contributed by atoms with Crippen LogP contribution in [0.3, 0.4) is 0 Å². The lowest BCUT2D eigenvalue weighted by Gasteiger charge is -2.11. The van der Waals surface area contributed by atoms with Crippen molar-refractivity contribution >= 4 is 11.6 Å². The number of anilines is 1. The molecule has 1 N–H and O–H groups in total. The summed E-state index contributed by atoms with van der Waals surface area (Å²) in [5.41, 5.74) is 0.788. The second-order valence-corrected chi connectivity index (χ2v) is 6.95. The molecule has 0 aliphatic heterocycles. The molecule has 0 aromatic heterocycles. The van der Waals surface area contributed by atoms with Crippen LogP contribution in [0.2, 0.25) is 0 Å². The second kappa shape index (κ2) is 8.89. The van der Waals surface area contributed by atoms with E-state index in [9.17, 15) is 4.79 Å². The van der Waals surface area contributed by atoms with Crippen molar-refractivity contribution in [1.82, 2.24) is 0 Å². The van der Waals surface area contributed by atoms with Crippen molar-refractivity contribution in [2.24, 2.45) is 17.8 Å². The molecule has 134 valence electrons. The normalized spacial score (nSPS) is 28.6. The van der Waals surface area contributed by atoms with Gasteiger partial charge in [0.25, 0.3) is 0 Å². The minimum atomic E-state index is 0.150. The first-order valence-corrected chi connectivity index (χ1v) is 9.64. The van der Waals surface area contributed by atoms with Crippen LogP contribution in [0.4, 0.5) is 5.69 Å². The van der Waals surface area contributed by atoms with Crippen LogP contribution in [0, 0.1) is 17.8 Å². The van der Waals surface area contributed by atoms with E-state index >= 15 is 0 Å². The first kappa shape index (κ1) is 17.8. The van der Waals surface area contributed by atoms with Gasteiger partial charge in [0.15, 0.2) is 0 Å². The largest absolute Gasteiger partial charge is 0.492 e. The van der Waals surface area contributed by atoms with Gasteiger partial charge in [-0.05, 0) is 69.4 Å². The number of hydrogen-bond acceptors (Lipinski definition) is 2. The zero-order chi connectivity index (χ0) is 17.5. The van der Waals surface area contributed by atoms with Crippen molar-refractivity contribution in [2.75, 3.05) is 11.9 Å². The number of fused-ring (bicyclic) bond motifs is 1. The molecule has 1 fully saturated rings. The smallest absolute Gasteiger partial charge is 0.228 e. The van der Waals surface area contributed by atoms with Crippen LogP contribution in [0.15, 0.2) is 48.6 Å². The van der Waals surface area contributed by atoms with E-state index in [1.165, 1.54) is 0 Å². The zero-order valence-electron chi connectivity index (χ0n) is 15.1. The van der Waals surface area contributed by atoms with Crippen LogP contribution in [-0.2, 0) is 4.79 Å². The molecule has 1 saturated carbocycles. The molecule has 25 heavy (non-hydrogen) atoms. The third kappa shape index (κ3) is 4.75. The maximum absolute atomic E-state index is 12.8. The number of para-hydroxylation sites is 2. The van der Waals surface area contributed by atoms with Gasteiger partial charge in [0, 0.05) is 5.92 Å². The van der Waals surface area contributed by atoms with E-state index < -0.39 is 0 Å². The predicted molar refractivity (Wildman–Crippen MR) is 103 cm³/mol. The van der Waals surface area contributed by atoms with Gasteiger partial charge in [-0.2, -0.15) is 0 Å².